The van der Waals surface area contributed by atoms with E-state index in [4.69, 9.17) is 15.2 Å². The number of anilines is 1. The molecule has 5 rings (SSSR count). The van der Waals surface area contributed by atoms with Gasteiger partial charge in [0.1, 0.15) is 16.5 Å². The van der Waals surface area contributed by atoms with E-state index in [1.807, 2.05) is 24.3 Å². The lowest BCUT2D eigenvalue weighted by Gasteiger charge is -2.35. The Labute approximate surface area is 180 Å². The van der Waals surface area contributed by atoms with Crippen LogP contribution in [0.4, 0.5) is 5.69 Å². The number of carbonyl (C=O) groups is 2. The van der Waals surface area contributed by atoms with Crippen LogP contribution in [0, 0.1) is 0 Å². The Morgan fingerprint density at radius 3 is 2.90 bits per heavy atom. The summed E-state index contributed by atoms with van der Waals surface area (Å²) in [5.74, 6) is -0.935. The maximum Gasteiger partial charge on any atom is 0.341 e. The van der Waals surface area contributed by atoms with Gasteiger partial charge < -0.3 is 20.5 Å². The van der Waals surface area contributed by atoms with Crippen LogP contribution >= 0.6 is 15.9 Å². The van der Waals surface area contributed by atoms with Crippen molar-refractivity contribution in [3.63, 3.8) is 0 Å². The van der Waals surface area contributed by atoms with Crippen LogP contribution in [0.5, 0.6) is 5.75 Å². The fourth-order valence-corrected chi connectivity index (χ4v) is 4.61. The van der Waals surface area contributed by atoms with Crippen molar-refractivity contribution < 1.29 is 19.1 Å². The third-order valence-corrected chi connectivity index (χ3v) is 5.91. The summed E-state index contributed by atoms with van der Waals surface area (Å²) in [5, 5.41) is 3.71. The molecule has 0 saturated heterocycles. The van der Waals surface area contributed by atoms with Crippen molar-refractivity contribution in [2.45, 2.75) is 12.3 Å². The minimum absolute atomic E-state index is 0.0403. The van der Waals surface area contributed by atoms with Crippen molar-refractivity contribution in [1.82, 2.24) is 4.98 Å². The van der Waals surface area contributed by atoms with Crippen molar-refractivity contribution in [3.05, 3.63) is 75.7 Å². The van der Waals surface area contributed by atoms with Crippen molar-refractivity contribution >= 4 is 44.4 Å². The van der Waals surface area contributed by atoms with Gasteiger partial charge in [0, 0.05) is 32.9 Å². The summed E-state index contributed by atoms with van der Waals surface area (Å²) < 4.78 is 11.9. The van der Waals surface area contributed by atoms with Crippen LogP contribution in [0.3, 0.4) is 0 Å². The molecule has 3 N–H and O–H groups in total. The molecule has 0 bridgehead atoms. The summed E-state index contributed by atoms with van der Waals surface area (Å²) in [6, 6.07) is 12.7. The molecule has 1 amide bonds. The number of aromatic nitrogens is 1. The molecule has 0 fully saturated rings. The normalized spacial score (nSPS) is 19.3. The number of hydrogen-bond donors (Lipinski definition) is 2. The summed E-state index contributed by atoms with van der Waals surface area (Å²) in [6.45, 7) is 1.82. The number of hydrogen-bond acceptors (Lipinski definition) is 6. The van der Waals surface area contributed by atoms with Gasteiger partial charge in [-0.3, -0.25) is 9.78 Å². The van der Waals surface area contributed by atoms with E-state index in [2.05, 4.69) is 26.2 Å². The minimum atomic E-state index is -1.52. The summed E-state index contributed by atoms with van der Waals surface area (Å²) in [5.41, 5.74) is 6.92. The lowest BCUT2D eigenvalue weighted by molar-refractivity contribution is -0.140. The molecular weight excluding hydrogens is 450 g/mol. The van der Waals surface area contributed by atoms with Gasteiger partial charge in [-0.25, -0.2) is 4.79 Å². The number of nitrogens with one attached hydrogen (secondary N) is 1. The number of halogens is 1. The number of benzene rings is 2. The number of esters is 1. The first-order chi connectivity index (χ1) is 14.5. The number of nitrogens with zero attached hydrogens (tertiary/aromatic N) is 1. The topological polar surface area (TPSA) is 104 Å². The first kappa shape index (κ1) is 18.6. The smallest absolute Gasteiger partial charge is 0.341 e. The van der Waals surface area contributed by atoms with E-state index >= 15 is 0 Å². The molecule has 3 aromatic rings. The van der Waals surface area contributed by atoms with Crippen molar-refractivity contribution in [3.8, 4) is 5.75 Å². The first-order valence-electron chi connectivity index (χ1n) is 9.33. The van der Waals surface area contributed by atoms with E-state index < -0.39 is 17.3 Å². The fraction of sp³-hybridized carbons (Fsp3) is 0.136. The van der Waals surface area contributed by atoms with Crippen LogP contribution in [0.2, 0.25) is 0 Å². The third kappa shape index (κ3) is 2.34. The Balaban J connectivity index is 1.93. The van der Waals surface area contributed by atoms with Crippen molar-refractivity contribution in [2.24, 2.45) is 5.73 Å². The Bertz CT molecular complexity index is 1290. The Hall–Kier alpha value is -3.39. The quantitative estimate of drug-likeness (QED) is 0.562. The first-order valence-corrected chi connectivity index (χ1v) is 10.1. The van der Waals surface area contributed by atoms with Gasteiger partial charge in [-0.05, 0) is 31.2 Å². The largest absolute Gasteiger partial charge is 0.462 e. The van der Waals surface area contributed by atoms with Gasteiger partial charge in [-0.2, -0.15) is 0 Å². The highest BCUT2D eigenvalue weighted by Crippen LogP contribution is 2.55. The molecule has 150 valence electrons. The summed E-state index contributed by atoms with van der Waals surface area (Å²) in [4.78, 5) is 31.0. The highest BCUT2D eigenvalue weighted by Gasteiger charge is 2.59. The molecule has 1 unspecified atom stereocenters. The van der Waals surface area contributed by atoms with Crippen LogP contribution < -0.4 is 15.8 Å². The molecule has 8 heteroatoms. The SMILES string of the molecule is CCOC(=O)C1=C(N)Oc2c(ccc3cccnc23)C12C(=O)Nc1ccc(Br)cc12. The van der Waals surface area contributed by atoms with Gasteiger partial charge in [0.05, 0.1) is 6.61 Å². The molecule has 30 heavy (non-hydrogen) atoms. The lowest BCUT2D eigenvalue weighted by Crippen LogP contribution is -2.46. The second kappa shape index (κ2) is 6.56. The van der Waals surface area contributed by atoms with Gasteiger partial charge in [0.2, 0.25) is 11.8 Å². The fourth-order valence-electron chi connectivity index (χ4n) is 4.24. The number of rotatable bonds is 2. The zero-order valence-corrected chi connectivity index (χ0v) is 17.4. The summed E-state index contributed by atoms with van der Waals surface area (Å²) in [6.07, 6.45) is 1.64. The molecule has 0 saturated carbocycles. The molecule has 3 heterocycles. The number of carbonyl (C=O) groups excluding carboxylic acids is 2. The standard InChI is InChI=1S/C22H16BrN3O4/c1-2-29-20(27)16-19(24)30-18-13(7-5-11-4-3-9-25-17(11)18)22(16)14-10-12(23)6-8-15(14)26-21(22)28/h3-10H,2,24H2,1H3,(H,26,28). The van der Waals surface area contributed by atoms with Gasteiger partial charge in [0.15, 0.2) is 5.75 Å². The molecule has 1 atom stereocenters. The van der Waals surface area contributed by atoms with E-state index in [0.29, 0.717) is 28.1 Å². The van der Waals surface area contributed by atoms with Crippen LogP contribution in [0.25, 0.3) is 10.9 Å². The molecular formula is C22H16BrN3O4. The second-order valence-electron chi connectivity index (χ2n) is 6.97. The predicted octanol–water partition coefficient (Wildman–Crippen LogP) is 3.36. The molecule has 2 aliphatic heterocycles. The maximum absolute atomic E-state index is 13.6. The number of pyridine rings is 1. The van der Waals surface area contributed by atoms with Gasteiger partial charge in [-0.1, -0.05) is 34.1 Å². The van der Waals surface area contributed by atoms with Crippen LogP contribution in [0.15, 0.2) is 64.6 Å². The second-order valence-corrected chi connectivity index (χ2v) is 7.89. The Kier molecular flexibility index (Phi) is 4.08. The zero-order valence-electron chi connectivity index (χ0n) is 15.9. The van der Waals surface area contributed by atoms with E-state index in [-0.39, 0.29) is 18.1 Å². The molecule has 2 aromatic carbocycles. The third-order valence-electron chi connectivity index (χ3n) is 5.42. The number of ether oxygens (including phenoxy) is 2. The van der Waals surface area contributed by atoms with E-state index in [1.54, 1.807) is 31.3 Å². The number of nitrogens with two attached hydrogens (primary N) is 1. The van der Waals surface area contributed by atoms with E-state index in [1.165, 1.54) is 0 Å². The molecule has 1 aromatic heterocycles. The molecule has 1 spiro atoms. The molecule has 7 nitrogen and oxygen atoms in total. The van der Waals surface area contributed by atoms with Crippen LogP contribution in [-0.2, 0) is 19.7 Å². The van der Waals surface area contributed by atoms with E-state index in [9.17, 15) is 9.59 Å². The number of amides is 1. The highest BCUT2D eigenvalue weighted by atomic mass is 79.9. The van der Waals surface area contributed by atoms with Gasteiger partial charge in [-0.15, -0.1) is 0 Å². The highest BCUT2D eigenvalue weighted by molar-refractivity contribution is 9.10. The minimum Gasteiger partial charge on any atom is -0.462 e. The molecule has 2 aliphatic rings. The summed E-state index contributed by atoms with van der Waals surface area (Å²) in [7, 11) is 0. The maximum atomic E-state index is 13.6. The van der Waals surface area contributed by atoms with Crippen molar-refractivity contribution in [1.29, 1.82) is 0 Å². The van der Waals surface area contributed by atoms with Gasteiger partial charge in [0.25, 0.3) is 0 Å². The molecule has 0 aliphatic carbocycles. The average molecular weight is 466 g/mol. The van der Waals surface area contributed by atoms with Gasteiger partial charge >= 0.3 is 5.97 Å². The van der Waals surface area contributed by atoms with E-state index in [0.717, 1.165) is 9.86 Å². The zero-order chi connectivity index (χ0) is 21.0. The average Bonchev–Trinajstić information content (AvgIpc) is 3.00. The van der Waals surface area contributed by atoms with Crippen molar-refractivity contribution in [2.75, 3.05) is 11.9 Å². The Morgan fingerprint density at radius 1 is 1.27 bits per heavy atom. The Morgan fingerprint density at radius 2 is 2.10 bits per heavy atom. The number of fused-ring (bicyclic) bond motifs is 6. The van der Waals surface area contributed by atoms with Crippen LogP contribution in [-0.4, -0.2) is 23.5 Å². The predicted molar refractivity (Wildman–Crippen MR) is 114 cm³/mol. The lowest BCUT2D eigenvalue weighted by atomic mass is 9.68. The summed E-state index contributed by atoms with van der Waals surface area (Å²) >= 11 is 3.47. The van der Waals surface area contributed by atoms with Crippen LogP contribution in [0.1, 0.15) is 18.1 Å². The monoisotopic (exact) mass is 465 g/mol. The molecule has 0 radical (unpaired) electrons.